The maximum absolute atomic E-state index is 12.8. The molecule has 1 aromatic rings. The highest BCUT2D eigenvalue weighted by Crippen LogP contribution is 2.28. The third-order valence-electron chi connectivity index (χ3n) is 3.18. The Balaban J connectivity index is 3.46. The number of carboxylic acid groups (broad SMARTS) is 1. The van der Waals surface area contributed by atoms with Crippen molar-refractivity contribution in [1.29, 1.82) is 5.26 Å². The summed E-state index contributed by atoms with van der Waals surface area (Å²) < 4.78 is 26.4. The van der Waals surface area contributed by atoms with Gasteiger partial charge in [-0.3, -0.25) is 9.89 Å². The first-order valence-corrected chi connectivity index (χ1v) is 7.65. The second-order valence-corrected chi connectivity index (χ2v) is 6.91. The van der Waals surface area contributed by atoms with E-state index >= 15 is 0 Å². The zero-order valence-corrected chi connectivity index (χ0v) is 13.2. The number of nitrogens with zero attached hydrogens (tertiary/aromatic N) is 3. The van der Waals surface area contributed by atoms with Crippen LogP contribution in [0.25, 0.3) is 0 Å². The highest BCUT2D eigenvalue weighted by atomic mass is 32.2. The SMILES string of the molecule is Cc1n[nH]c(C)c1S(=O)(=O)N(CCC#N)C(C)(C)C(=O)O. The number of nitriles is 1. The third kappa shape index (κ3) is 3.06. The molecular formula is C12H18N4O4S. The predicted octanol–water partition coefficient (Wildman–Crippen LogP) is 0.794. The van der Waals surface area contributed by atoms with E-state index in [2.05, 4.69) is 10.2 Å². The Morgan fingerprint density at radius 1 is 1.48 bits per heavy atom. The number of hydrogen-bond acceptors (Lipinski definition) is 5. The molecule has 1 aromatic heterocycles. The van der Waals surface area contributed by atoms with E-state index in [0.29, 0.717) is 5.69 Å². The molecular weight excluding hydrogens is 296 g/mol. The monoisotopic (exact) mass is 314 g/mol. The molecule has 0 unspecified atom stereocenters. The van der Waals surface area contributed by atoms with Crippen molar-refractivity contribution in [2.75, 3.05) is 6.54 Å². The summed E-state index contributed by atoms with van der Waals surface area (Å²) in [5, 5.41) is 24.4. The molecule has 0 atom stereocenters. The summed E-state index contributed by atoms with van der Waals surface area (Å²) in [4.78, 5) is 11.4. The first kappa shape index (κ1) is 17.1. The number of aryl methyl sites for hydroxylation is 2. The van der Waals surface area contributed by atoms with Gasteiger partial charge in [-0.1, -0.05) is 0 Å². The zero-order chi connectivity index (χ0) is 16.4. The van der Waals surface area contributed by atoms with Gasteiger partial charge in [-0.15, -0.1) is 0 Å². The molecule has 116 valence electrons. The van der Waals surface area contributed by atoms with Crippen molar-refractivity contribution in [1.82, 2.24) is 14.5 Å². The number of aromatic amines is 1. The summed E-state index contributed by atoms with van der Waals surface area (Å²) in [6.45, 7) is 5.43. The molecule has 0 saturated carbocycles. The van der Waals surface area contributed by atoms with Crippen LogP contribution in [0.5, 0.6) is 0 Å². The lowest BCUT2D eigenvalue weighted by Crippen LogP contribution is -2.53. The van der Waals surface area contributed by atoms with Gasteiger partial charge in [0.2, 0.25) is 10.0 Å². The van der Waals surface area contributed by atoms with Gasteiger partial charge in [0, 0.05) is 13.0 Å². The highest BCUT2D eigenvalue weighted by Gasteiger charge is 2.44. The van der Waals surface area contributed by atoms with E-state index in [4.69, 9.17) is 5.26 Å². The lowest BCUT2D eigenvalue weighted by molar-refractivity contribution is -0.146. The number of rotatable bonds is 6. The Morgan fingerprint density at radius 2 is 2.05 bits per heavy atom. The standard InChI is InChI=1S/C12H18N4O4S/c1-8-10(9(2)15-14-8)21(19,20)16(7-5-6-13)12(3,4)11(17)18/h5,7H2,1-4H3,(H,14,15)(H,17,18). The zero-order valence-electron chi connectivity index (χ0n) is 12.3. The van der Waals surface area contributed by atoms with Crippen LogP contribution in [0.1, 0.15) is 31.7 Å². The van der Waals surface area contributed by atoms with Gasteiger partial charge in [0.1, 0.15) is 10.4 Å². The Labute approximate surface area is 123 Å². The van der Waals surface area contributed by atoms with Crippen LogP contribution in [0.3, 0.4) is 0 Å². The van der Waals surface area contributed by atoms with E-state index < -0.39 is 21.5 Å². The minimum Gasteiger partial charge on any atom is -0.480 e. The van der Waals surface area contributed by atoms with E-state index in [-0.39, 0.29) is 23.6 Å². The molecule has 0 spiro atoms. The van der Waals surface area contributed by atoms with Gasteiger partial charge in [-0.2, -0.15) is 14.7 Å². The minimum absolute atomic E-state index is 0.0465. The molecule has 0 amide bonds. The second kappa shape index (κ2) is 5.83. The lowest BCUT2D eigenvalue weighted by atomic mass is 10.1. The van der Waals surface area contributed by atoms with Crippen LogP contribution in [0.4, 0.5) is 0 Å². The van der Waals surface area contributed by atoms with Crippen LogP contribution in [0.2, 0.25) is 0 Å². The smallest absolute Gasteiger partial charge is 0.324 e. The van der Waals surface area contributed by atoms with Gasteiger partial charge in [0.05, 0.1) is 17.5 Å². The number of nitrogens with one attached hydrogen (secondary N) is 1. The van der Waals surface area contributed by atoms with Crippen molar-refractivity contribution in [3.8, 4) is 6.07 Å². The van der Waals surface area contributed by atoms with Crippen LogP contribution in [0.15, 0.2) is 4.90 Å². The average Bonchev–Trinajstić information content (AvgIpc) is 2.69. The molecule has 8 nitrogen and oxygen atoms in total. The Hall–Kier alpha value is -1.92. The molecule has 1 heterocycles. The van der Waals surface area contributed by atoms with Gasteiger partial charge < -0.3 is 5.11 Å². The Kier molecular flexibility index (Phi) is 4.76. The van der Waals surface area contributed by atoms with E-state index in [1.807, 2.05) is 6.07 Å². The fourth-order valence-electron chi connectivity index (χ4n) is 1.99. The molecule has 2 N–H and O–H groups in total. The number of carbonyl (C=O) groups is 1. The maximum Gasteiger partial charge on any atom is 0.324 e. The summed E-state index contributed by atoms with van der Waals surface area (Å²) in [5.41, 5.74) is -1.09. The van der Waals surface area contributed by atoms with Crippen molar-refractivity contribution < 1.29 is 18.3 Å². The molecule has 0 aromatic carbocycles. The van der Waals surface area contributed by atoms with E-state index in [1.165, 1.54) is 20.8 Å². The van der Waals surface area contributed by atoms with E-state index in [1.54, 1.807) is 6.92 Å². The average molecular weight is 314 g/mol. The number of sulfonamides is 1. The van der Waals surface area contributed by atoms with Crippen molar-refractivity contribution in [3.63, 3.8) is 0 Å². The van der Waals surface area contributed by atoms with Gasteiger partial charge in [-0.05, 0) is 27.7 Å². The first-order valence-electron chi connectivity index (χ1n) is 6.21. The topological polar surface area (TPSA) is 127 Å². The number of aromatic nitrogens is 2. The van der Waals surface area contributed by atoms with Crippen LogP contribution in [-0.2, 0) is 14.8 Å². The van der Waals surface area contributed by atoms with Crippen molar-refractivity contribution in [3.05, 3.63) is 11.4 Å². The molecule has 21 heavy (non-hydrogen) atoms. The van der Waals surface area contributed by atoms with Gasteiger partial charge in [-0.25, -0.2) is 8.42 Å². The second-order valence-electron chi connectivity index (χ2n) is 5.11. The lowest BCUT2D eigenvalue weighted by Gasteiger charge is -2.33. The molecule has 0 aliphatic carbocycles. The van der Waals surface area contributed by atoms with Gasteiger partial charge in [0.25, 0.3) is 0 Å². The molecule has 9 heteroatoms. The summed E-state index contributed by atoms with van der Waals surface area (Å²) in [6.07, 6.45) is -0.105. The Bertz CT molecular complexity index is 665. The van der Waals surface area contributed by atoms with Gasteiger partial charge in [0.15, 0.2) is 0 Å². The van der Waals surface area contributed by atoms with Gasteiger partial charge >= 0.3 is 5.97 Å². The van der Waals surface area contributed by atoms with Crippen molar-refractivity contribution >= 4 is 16.0 Å². The van der Waals surface area contributed by atoms with E-state index in [9.17, 15) is 18.3 Å². The molecule has 0 aliphatic heterocycles. The minimum atomic E-state index is -4.09. The number of H-pyrrole nitrogens is 1. The van der Waals surface area contributed by atoms with Crippen LogP contribution < -0.4 is 0 Å². The van der Waals surface area contributed by atoms with E-state index in [0.717, 1.165) is 4.31 Å². The normalized spacial score (nSPS) is 12.4. The quantitative estimate of drug-likeness (QED) is 0.799. The van der Waals surface area contributed by atoms with Crippen LogP contribution >= 0.6 is 0 Å². The predicted molar refractivity (Wildman–Crippen MR) is 73.9 cm³/mol. The van der Waals surface area contributed by atoms with Crippen LogP contribution in [-0.4, -0.2) is 46.1 Å². The fourth-order valence-corrected chi connectivity index (χ4v) is 4.07. The molecule has 0 bridgehead atoms. The molecule has 1 rings (SSSR count). The molecule has 0 saturated heterocycles. The van der Waals surface area contributed by atoms with Crippen molar-refractivity contribution in [2.45, 2.75) is 44.6 Å². The molecule has 0 radical (unpaired) electrons. The fraction of sp³-hybridized carbons (Fsp3) is 0.583. The largest absolute Gasteiger partial charge is 0.480 e. The summed E-state index contributed by atoms with van der Waals surface area (Å²) in [6, 6.07) is 1.83. The maximum atomic E-state index is 12.8. The number of carboxylic acids is 1. The molecule has 0 fully saturated rings. The number of hydrogen-bond donors (Lipinski definition) is 2. The van der Waals surface area contributed by atoms with Crippen molar-refractivity contribution in [2.24, 2.45) is 0 Å². The third-order valence-corrected chi connectivity index (χ3v) is 5.52. The summed E-state index contributed by atoms with van der Waals surface area (Å²) in [7, 11) is -4.09. The highest BCUT2D eigenvalue weighted by molar-refractivity contribution is 7.89. The molecule has 0 aliphatic rings. The summed E-state index contributed by atoms with van der Waals surface area (Å²) >= 11 is 0. The number of aliphatic carboxylic acids is 1. The first-order chi connectivity index (χ1) is 9.56. The van der Waals surface area contributed by atoms with Crippen LogP contribution in [0, 0.1) is 25.2 Å². The summed E-state index contributed by atoms with van der Waals surface area (Å²) in [5.74, 6) is -1.29. The Morgan fingerprint density at radius 3 is 2.43 bits per heavy atom.